The highest BCUT2D eigenvalue weighted by Crippen LogP contribution is 2.50. The number of piperidine rings is 1. The summed E-state index contributed by atoms with van der Waals surface area (Å²) in [5.41, 5.74) is 0.557. The number of carbonyl (C=O) groups is 7. The summed E-state index contributed by atoms with van der Waals surface area (Å²) < 4.78 is 5.35. The minimum absolute atomic E-state index is 0.0776. The van der Waals surface area contributed by atoms with Crippen LogP contribution in [0.15, 0.2) is 30.3 Å². The number of rotatable bonds is 16. The first-order chi connectivity index (χ1) is 24.3. The highest BCUT2D eigenvalue weighted by molar-refractivity contribution is 6.38. The fourth-order valence-electron chi connectivity index (χ4n) is 7.09. The van der Waals surface area contributed by atoms with E-state index in [-0.39, 0.29) is 48.5 Å². The molecule has 280 valence electrons. The van der Waals surface area contributed by atoms with Gasteiger partial charge in [-0.2, -0.15) is 0 Å². The number of nitrogens with one attached hydrogen (secondary N) is 4. The molecule has 0 spiro atoms. The predicted molar refractivity (Wildman–Crippen MR) is 188 cm³/mol. The summed E-state index contributed by atoms with van der Waals surface area (Å²) in [6, 6.07) is 4.81. The number of likely N-dealkylation sites (tertiary alicyclic amines) is 1. The summed E-state index contributed by atoms with van der Waals surface area (Å²) in [4.78, 5) is 95.5. The zero-order valence-corrected chi connectivity index (χ0v) is 30.4. The lowest BCUT2D eigenvalue weighted by molar-refractivity contribution is -0.144. The topological polar surface area (TPSA) is 183 Å². The Morgan fingerprint density at radius 2 is 1.63 bits per heavy atom. The van der Waals surface area contributed by atoms with E-state index in [2.05, 4.69) is 21.3 Å². The summed E-state index contributed by atoms with van der Waals surface area (Å²) in [6.45, 7) is 5.68. The first-order valence-corrected chi connectivity index (χ1v) is 18.2. The van der Waals surface area contributed by atoms with Gasteiger partial charge in [0.1, 0.15) is 18.1 Å². The SMILES string of the molecule is CCC[C@@H](NC(=O)C1[C@H]2C[C@@H]2CN1C(=O)[C@@H](NC(=O)OCC(C)C)C1CCCCC1)C(=O)C(=O)NCC(=O)N[C@H](C(=O)N(C)C)c1ccccc1. The highest BCUT2D eigenvalue weighted by atomic mass is 16.5. The zero-order chi connectivity index (χ0) is 37.2. The second kappa shape index (κ2) is 18.1. The van der Waals surface area contributed by atoms with Crippen molar-refractivity contribution in [3.8, 4) is 0 Å². The molecule has 3 aliphatic rings. The third-order valence-electron chi connectivity index (χ3n) is 9.88. The van der Waals surface area contributed by atoms with Gasteiger partial charge in [0, 0.05) is 20.6 Å². The van der Waals surface area contributed by atoms with Crippen molar-refractivity contribution in [2.45, 2.75) is 96.3 Å². The predicted octanol–water partition coefficient (Wildman–Crippen LogP) is 2.08. The van der Waals surface area contributed by atoms with Crippen molar-refractivity contribution in [3.05, 3.63) is 35.9 Å². The number of hydrogen-bond donors (Lipinski definition) is 4. The van der Waals surface area contributed by atoms with Crippen LogP contribution in [0.3, 0.4) is 0 Å². The lowest BCUT2D eigenvalue weighted by Gasteiger charge is -2.35. The molecule has 0 radical (unpaired) electrons. The van der Waals surface area contributed by atoms with Gasteiger partial charge in [-0.05, 0) is 54.9 Å². The van der Waals surface area contributed by atoms with Gasteiger partial charge < -0.3 is 35.8 Å². The van der Waals surface area contributed by atoms with E-state index >= 15 is 0 Å². The maximum Gasteiger partial charge on any atom is 0.407 e. The van der Waals surface area contributed by atoms with Crippen LogP contribution in [0.2, 0.25) is 0 Å². The van der Waals surface area contributed by atoms with Crippen LogP contribution in [0.25, 0.3) is 0 Å². The van der Waals surface area contributed by atoms with E-state index < -0.39 is 60.3 Å². The van der Waals surface area contributed by atoms with Crippen molar-refractivity contribution in [1.29, 1.82) is 0 Å². The third kappa shape index (κ3) is 10.5. The molecule has 1 heterocycles. The second-order valence-electron chi connectivity index (χ2n) is 14.6. The van der Waals surface area contributed by atoms with Crippen LogP contribution in [-0.2, 0) is 33.5 Å². The van der Waals surface area contributed by atoms with Gasteiger partial charge >= 0.3 is 6.09 Å². The first-order valence-electron chi connectivity index (χ1n) is 18.2. The van der Waals surface area contributed by atoms with E-state index in [1.165, 1.54) is 9.80 Å². The summed E-state index contributed by atoms with van der Waals surface area (Å²) in [5.74, 6) is -3.76. The molecule has 1 aromatic rings. The van der Waals surface area contributed by atoms with E-state index in [4.69, 9.17) is 4.74 Å². The Kier molecular flexibility index (Phi) is 14.0. The highest BCUT2D eigenvalue weighted by Gasteiger charge is 2.58. The molecule has 6 atom stereocenters. The van der Waals surface area contributed by atoms with Gasteiger partial charge in [0.05, 0.1) is 19.2 Å². The molecule has 3 fully saturated rings. The molecule has 2 saturated carbocycles. The van der Waals surface area contributed by atoms with E-state index in [0.717, 1.165) is 38.5 Å². The van der Waals surface area contributed by atoms with Crippen molar-refractivity contribution in [3.63, 3.8) is 0 Å². The Bertz CT molecular complexity index is 1430. The maximum absolute atomic E-state index is 14.1. The number of Topliss-reactive ketones (excluding diaryl/α,β-unsaturated/α-hetero) is 1. The normalized spacial score (nSPS) is 21.4. The number of ketones is 1. The molecule has 4 rings (SSSR count). The van der Waals surface area contributed by atoms with Crippen LogP contribution in [0.5, 0.6) is 0 Å². The van der Waals surface area contributed by atoms with E-state index in [9.17, 15) is 33.6 Å². The van der Waals surface area contributed by atoms with Gasteiger partial charge in [0.25, 0.3) is 5.91 Å². The van der Waals surface area contributed by atoms with Crippen LogP contribution < -0.4 is 21.3 Å². The van der Waals surface area contributed by atoms with E-state index in [1.807, 2.05) is 20.8 Å². The Morgan fingerprint density at radius 1 is 0.941 bits per heavy atom. The molecule has 51 heavy (non-hydrogen) atoms. The molecule has 14 heteroatoms. The average Bonchev–Trinajstić information content (AvgIpc) is 3.78. The third-order valence-corrected chi connectivity index (χ3v) is 9.88. The van der Waals surface area contributed by atoms with Gasteiger partial charge in [0.2, 0.25) is 29.4 Å². The molecular weight excluding hydrogens is 656 g/mol. The smallest absolute Gasteiger partial charge is 0.407 e. The number of fused-ring (bicyclic) bond motifs is 1. The fourth-order valence-corrected chi connectivity index (χ4v) is 7.09. The Morgan fingerprint density at radius 3 is 2.25 bits per heavy atom. The Balaban J connectivity index is 1.39. The first kappa shape index (κ1) is 39.3. The van der Waals surface area contributed by atoms with Crippen LogP contribution in [0.4, 0.5) is 4.79 Å². The second-order valence-corrected chi connectivity index (χ2v) is 14.6. The summed E-state index contributed by atoms with van der Waals surface area (Å²) in [5, 5.41) is 10.5. The van der Waals surface area contributed by atoms with Gasteiger partial charge in [-0.3, -0.25) is 28.8 Å². The molecule has 1 saturated heterocycles. The Hall–Kier alpha value is -4.49. The molecule has 1 unspecified atom stereocenters. The zero-order valence-electron chi connectivity index (χ0n) is 30.4. The number of carbonyl (C=O) groups excluding carboxylic acids is 7. The van der Waals surface area contributed by atoms with Crippen molar-refractivity contribution < 1.29 is 38.3 Å². The van der Waals surface area contributed by atoms with Crippen molar-refractivity contribution in [1.82, 2.24) is 31.1 Å². The number of hydrogen-bond acceptors (Lipinski definition) is 8. The quantitative estimate of drug-likeness (QED) is 0.188. The number of ether oxygens (including phenoxy) is 1. The summed E-state index contributed by atoms with van der Waals surface area (Å²) in [6.07, 6.45) is 5.24. The van der Waals surface area contributed by atoms with Gasteiger partial charge in [-0.25, -0.2) is 4.79 Å². The largest absolute Gasteiger partial charge is 0.449 e. The molecule has 2 aliphatic carbocycles. The van der Waals surface area contributed by atoms with Crippen molar-refractivity contribution >= 4 is 41.4 Å². The number of benzene rings is 1. The summed E-state index contributed by atoms with van der Waals surface area (Å²) >= 11 is 0. The molecule has 6 amide bonds. The van der Waals surface area contributed by atoms with E-state index in [1.54, 1.807) is 44.4 Å². The van der Waals surface area contributed by atoms with Crippen LogP contribution >= 0.6 is 0 Å². The lowest BCUT2D eigenvalue weighted by atomic mass is 9.83. The molecule has 1 aromatic carbocycles. The van der Waals surface area contributed by atoms with Crippen LogP contribution in [0, 0.1) is 23.7 Å². The minimum atomic E-state index is -1.18. The minimum Gasteiger partial charge on any atom is -0.449 e. The van der Waals surface area contributed by atoms with Crippen molar-refractivity contribution in [2.75, 3.05) is 33.8 Å². The molecule has 14 nitrogen and oxygen atoms in total. The monoisotopic (exact) mass is 710 g/mol. The lowest BCUT2D eigenvalue weighted by Crippen LogP contribution is -2.59. The molecule has 4 N–H and O–H groups in total. The van der Waals surface area contributed by atoms with Gasteiger partial charge in [0.15, 0.2) is 0 Å². The summed E-state index contributed by atoms with van der Waals surface area (Å²) in [7, 11) is 3.13. The van der Waals surface area contributed by atoms with Crippen molar-refractivity contribution in [2.24, 2.45) is 23.7 Å². The van der Waals surface area contributed by atoms with Gasteiger partial charge in [-0.1, -0.05) is 76.8 Å². The van der Waals surface area contributed by atoms with Gasteiger partial charge in [-0.15, -0.1) is 0 Å². The number of likely N-dealkylation sites (N-methyl/N-ethyl adjacent to an activating group) is 1. The Labute approximate surface area is 300 Å². The number of nitrogens with zero attached hydrogens (tertiary/aromatic N) is 2. The number of amides is 6. The van der Waals surface area contributed by atoms with E-state index in [0.29, 0.717) is 18.5 Å². The standard InChI is InChI=1S/C37H54N6O8/c1-6-13-27(32(45)34(47)38-19-28(44)40-29(35(48)42(4)5)23-14-9-7-10-15-23)39-33(46)31-26-18-25(26)20-43(31)36(49)30(24-16-11-8-12-17-24)41-37(50)51-21-22(2)3/h7,9-10,14-15,22,24-27,29-31H,6,8,11-13,16-21H2,1-5H3,(H,38,47)(H,39,46)(H,40,44)(H,41,50)/t25-,26+,27-,29+,30+,31?/m1/s1. The average molecular weight is 711 g/mol. The molecular formula is C37H54N6O8. The van der Waals surface area contributed by atoms with Crippen LogP contribution in [-0.4, -0.2) is 103 Å². The number of alkyl carbamates (subject to hydrolysis) is 1. The maximum atomic E-state index is 14.1. The van der Waals surface area contributed by atoms with Crippen LogP contribution in [0.1, 0.15) is 83.7 Å². The molecule has 0 bridgehead atoms. The molecule has 1 aliphatic heterocycles. The molecule has 0 aromatic heterocycles. The fraction of sp³-hybridized carbons (Fsp3) is 0.649.